The second-order valence-electron chi connectivity index (χ2n) is 5.95. The van der Waals surface area contributed by atoms with E-state index in [0.29, 0.717) is 23.0 Å². The molecular formula is C17H21ClN4O3. The van der Waals surface area contributed by atoms with Crippen molar-refractivity contribution >= 4 is 23.2 Å². The minimum absolute atomic E-state index is 0.0703. The van der Waals surface area contributed by atoms with Crippen molar-refractivity contribution in [2.45, 2.75) is 38.4 Å². The first-order chi connectivity index (χ1) is 12.1. The van der Waals surface area contributed by atoms with Crippen LogP contribution >= 0.6 is 11.6 Å². The molecule has 2 aromatic rings. The van der Waals surface area contributed by atoms with Crippen molar-refractivity contribution in [1.29, 1.82) is 0 Å². The molecule has 3 rings (SSSR count). The van der Waals surface area contributed by atoms with E-state index in [1.807, 2.05) is 0 Å². The fourth-order valence-electron chi connectivity index (χ4n) is 2.64. The average molecular weight is 365 g/mol. The van der Waals surface area contributed by atoms with Crippen LogP contribution in [0.5, 0.6) is 0 Å². The van der Waals surface area contributed by atoms with Crippen molar-refractivity contribution in [3.63, 3.8) is 0 Å². The highest BCUT2D eigenvalue weighted by molar-refractivity contribution is 6.31. The Labute approximate surface area is 151 Å². The quantitative estimate of drug-likeness (QED) is 0.852. The van der Waals surface area contributed by atoms with Crippen LogP contribution in [0, 0.1) is 0 Å². The molecule has 8 heteroatoms. The van der Waals surface area contributed by atoms with Gasteiger partial charge in [-0.1, -0.05) is 11.6 Å². The van der Waals surface area contributed by atoms with Gasteiger partial charge in [0.05, 0.1) is 24.1 Å². The zero-order chi connectivity index (χ0) is 17.6. The molecule has 2 heterocycles. The van der Waals surface area contributed by atoms with Crippen LogP contribution in [0.25, 0.3) is 5.69 Å². The van der Waals surface area contributed by atoms with Crippen LogP contribution < -0.4 is 5.32 Å². The van der Waals surface area contributed by atoms with Gasteiger partial charge in [0.1, 0.15) is 18.8 Å². The molecule has 2 atom stereocenters. The zero-order valence-electron chi connectivity index (χ0n) is 14.0. The highest BCUT2D eigenvalue weighted by Gasteiger charge is 2.20. The third kappa shape index (κ3) is 4.78. The third-order valence-corrected chi connectivity index (χ3v) is 4.29. The van der Waals surface area contributed by atoms with Gasteiger partial charge in [0.15, 0.2) is 0 Å². The Hall–Kier alpha value is -1.96. The number of hydrogen-bond acceptors (Lipinski definition) is 5. The van der Waals surface area contributed by atoms with Crippen molar-refractivity contribution in [2.75, 3.05) is 18.5 Å². The second-order valence-corrected chi connectivity index (χ2v) is 6.39. The fourth-order valence-corrected chi connectivity index (χ4v) is 2.81. The van der Waals surface area contributed by atoms with E-state index < -0.39 is 6.10 Å². The van der Waals surface area contributed by atoms with Gasteiger partial charge >= 0.3 is 0 Å². The molecule has 1 amide bonds. The van der Waals surface area contributed by atoms with Crippen molar-refractivity contribution in [3.05, 3.63) is 35.9 Å². The summed E-state index contributed by atoms with van der Waals surface area (Å²) in [6.45, 7) is 2.90. The normalized spacial score (nSPS) is 18.7. The van der Waals surface area contributed by atoms with Gasteiger partial charge in [-0.15, -0.1) is 0 Å². The molecule has 1 aromatic heterocycles. The maximum Gasteiger partial charge on any atom is 0.253 e. The lowest BCUT2D eigenvalue weighted by Crippen LogP contribution is -2.33. The molecule has 1 saturated heterocycles. The van der Waals surface area contributed by atoms with E-state index in [9.17, 15) is 4.79 Å². The van der Waals surface area contributed by atoms with Crippen LogP contribution in [0.15, 0.2) is 30.9 Å². The van der Waals surface area contributed by atoms with Crippen molar-refractivity contribution in [3.8, 4) is 5.69 Å². The zero-order valence-corrected chi connectivity index (χ0v) is 14.8. The first-order valence-corrected chi connectivity index (χ1v) is 8.70. The predicted molar refractivity (Wildman–Crippen MR) is 94.0 cm³/mol. The smallest absolute Gasteiger partial charge is 0.253 e. The van der Waals surface area contributed by atoms with Crippen LogP contribution in [0.3, 0.4) is 0 Å². The third-order valence-electron chi connectivity index (χ3n) is 4.06. The molecule has 1 aliphatic rings. The summed E-state index contributed by atoms with van der Waals surface area (Å²) < 4.78 is 12.9. The molecule has 0 saturated carbocycles. The standard InChI is InChI=1S/C17H21ClN4O3/c1-12(25-9-14-4-2-3-7-24-14)17(23)21-15-8-13(18)5-6-16(15)22-11-19-10-20-22/h5-6,8,10-12,14H,2-4,7,9H2,1H3,(H,21,23). The van der Waals surface area contributed by atoms with E-state index in [1.165, 1.54) is 6.33 Å². The first kappa shape index (κ1) is 17.8. The summed E-state index contributed by atoms with van der Waals surface area (Å²) in [5.41, 5.74) is 1.23. The SMILES string of the molecule is CC(OCC1CCCCO1)C(=O)Nc1cc(Cl)ccc1-n1cncn1. The molecule has 1 aromatic carbocycles. The predicted octanol–water partition coefficient (Wildman–Crippen LogP) is 2.83. The Bertz CT molecular complexity index is 702. The number of nitrogens with one attached hydrogen (secondary N) is 1. The number of benzene rings is 1. The number of nitrogens with zero attached hydrogens (tertiary/aromatic N) is 3. The Morgan fingerprint density at radius 3 is 3.12 bits per heavy atom. The van der Waals surface area contributed by atoms with Crippen LogP contribution in [0.4, 0.5) is 5.69 Å². The number of halogens is 1. The van der Waals surface area contributed by atoms with Crippen molar-refractivity contribution in [1.82, 2.24) is 14.8 Å². The highest BCUT2D eigenvalue weighted by atomic mass is 35.5. The molecule has 7 nitrogen and oxygen atoms in total. The molecule has 2 unspecified atom stereocenters. The number of aromatic nitrogens is 3. The van der Waals surface area contributed by atoms with Gasteiger partial charge in [-0.3, -0.25) is 4.79 Å². The van der Waals surface area contributed by atoms with Gasteiger partial charge in [0.25, 0.3) is 5.91 Å². The van der Waals surface area contributed by atoms with Gasteiger partial charge in [-0.25, -0.2) is 9.67 Å². The Morgan fingerprint density at radius 1 is 1.52 bits per heavy atom. The molecule has 0 bridgehead atoms. The number of anilines is 1. The van der Waals surface area contributed by atoms with E-state index >= 15 is 0 Å². The van der Waals surface area contributed by atoms with E-state index in [4.69, 9.17) is 21.1 Å². The first-order valence-electron chi connectivity index (χ1n) is 8.32. The maximum atomic E-state index is 12.5. The number of carbonyl (C=O) groups is 1. The van der Waals surface area contributed by atoms with Crippen LogP contribution in [0.2, 0.25) is 5.02 Å². The summed E-state index contributed by atoms with van der Waals surface area (Å²) in [6, 6.07) is 5.18. The lowest BCUT2D eigenvalue weighted by atomic mass is 10.1. The molecule has 134 valence electrons. The summed E-state index contributed by atoms with van der Waals surface area (Å²) in [5.74, 6) is -0.251. The van der Waals surface area contributed by atoms with Crippen LogP contribution in [0.1, 0.15) is 26.2 Å². The minimum atomic E-state index is -0.604. The molecule has 1 N–H and O–H groups in total. The van der Waals surface area contributed by atoms with Crippen molar-refractivity contribution < 1.29 is 14.3 Å². The second kappa shape index (κ2) is 8.42. The summed E-state index contributed by atoms with van der Waals surface area (Å²) in [6.07, 6.45) is 5.65. The number of carbonyl (C=O) groups excluding carboxylic acids is 1. The van der Waals surface area contributed by atoms with Gasteiger partial charge in [-0.2, -0.15) is 5.10 Å². The summed E-state index contributed by atoms with van der Waals surface area (Å²) in [7, 11) is 0. The topological polar surface area (TPSA) is 78.3 Å². The lowest BCUT2D eigenvalue weighted by molar-refractivity contribution is -0.130. The van der Waals surface area contributed by atoms with E-state index in [-0.39, 0.29) is 12.0 Å². The fraction of sp³-hybridized carbons (Fsp3) is 0.471. The van der Waals surface area contributed by atoms with Gasteiger partial charge < -0.3 is 14.8 Å². The largest absolute Gasteiger partial charge is 0.376 e. The molecular weight excluding hydrogens is 344 g/mol. The minimum Gasteiger partial charge on any atom is -0.376 e. The number of rotatable bonds is 6. The van der Waals surface area contributed by atoms with Gasteiger partial charge in [0, 0.05) is 11.6 Å². The van der Waals surface area contributed by atoms with Crippen molar-refractivity contribution in [2.24, 2.45) is 0 Å². The summed E-state index contributed by atoms with van der Waals surface area (Å²) >= 11 is 6.06. The number of hydrogen-bond donors (Lipinski definition) is 1. The Morgan fingerprint density at radius 2 is 2.40 bits per heavy atom. The summed E-state index contributed by atoms with van der Waals surface area (Å²) in [5, 5.41) is 7.46. The molecule has 0 aliphatic carbocycles. The average Bonchev–Trinajstić information content (AvgIpc) is 3.15. The Kier molecular flexibility index (Phi) is 6.01. The monoisotopic (exact) mass is 364 g/mol. The number of amides is 1. The highest BCUT2D eigenvalue weighted by Crippen LogP contribution is 2.24. The van der Waals surface area contributed by atoms with Gasteiger partial charge in [-0.05, 0) is 44.4 Å². The van der Waals surface area contributed by atoms with E-state index in [2.05, 4.69) is 15.4 Å². The molecule has 25 heavy (non-hydrogen) atoms. The summed E-state index contributed by atoms with van der Waals surface area (Å²) in [4.78, 5) is 16.4. The molecule has 1 aliphatic heterocycles. The lowest BCUT2D eigenvalue weighted by Gasteiger charge is -2.24. The molecule has 0 spiro atoms. The molecule has 0 radical (unpaired) electrons. The number of ether oxygens (including phenoxy) is 2. The van der Waals surface area contributed by atoms with Gasteiger partial charge in [0.2, 0.25) is 0 Å². The van der Waals surface area contributed by atoms with Crippen LogP contribution in [-0.2, 0) is 14.3 Å². The molecule has 1 fully saturated rings. The maximum absolute atomic E-state index is 12.5. The van der Waals surface area contributed by atoms with E-state index in [0.717, 1.165) is 25.9 Å². The van der Waals surface area contributed by atoms with E-state index in [1.54, 1.807) is 36.1 Å². The van der Waals surface area contributed by atoms with Crippen LogP contribution in [-0.4, -0.2) is 46.1 Å². The Balaban J connectivity index is 1.63.